The predicted octanol–water partition coefficient (Wildman–Crippen LogP) is 1.51. The minimum absolute atomic E-state index is 0.0339. The highest BCUT2D eigenvalue weighted by Gasteiger charge is 2.54. The zero-order valence-corrected chi connectivity index (χ0v) is 12.6. The third-order valence-corrected chi connectivity index (χ3v) is 4.60. The topological polar surface area (TPSA) is 59.0 Å². The van der Waals surface area contributed by atoms with Crippen molar-refractivity contribution in [3.05, 3.63) is 18.0 Å². The van der Waals surface area contributed by atoms with Crippen molar-refractivity contribution in [1.29, 1.82) is 0 Å². The molecule has 1 aromatic rings. The van der Waals surface area contributed by atoms with Crippen molar-refractivity contribution in [3.63, 3.8) is 0 Å². The molecule has 2 aliphatic rings. The molecule has 1 unspecified atom stereocenters. The molecule has 5 nitrogen and oxygen atoms in total. The van der Waals surface area contributed by atoms with Crippen molar-refractivity contribution >= 4 is 5.91 Å². The highest BCUT2D eigenvalue weighted by molar-refractivity contribution is 5.92. The third-order valence-electron chi connectivity index (χ3n) is 4.60. The molecule has 3 rings (SSSR count). The van der Waals surface area contributed by atoms with Crippen LogP contribution in [-0.2, 0) is 5.54 Å². The molecule has 1 amide bonds. The quantitative estimate of drug-likeness (QED) is 0.861. The maximum Gasteiger partial charge on any atom is 0.272 e. The van der Waals surface area contributed by atoms with Crippen LogP contribution < -0.4 is 10.6 Å². The van der Waals surface area contributed by atoms with Crippen LogP contribution in [0.3, 0.4) is 0 Å². The van der Waals surface area contributed by atoms with Crippen LogP contribution in [0.15, 0.2) is 12.3 Å². The van der Waals surface area contributed by atoms with Gasteiger partial charge < -0.3 is 10.6 Å². The fourth-order valence-electron chi connectivity index (χ4n) is 3.08. The maximum atomic E-state index is 12.3. The normalized spacial score (nSPS) is 24.6. The van der Waals surface area contributed by atoms with E-state index in [1.54, 1.807) is 6.07 Å². The Morgan fingerprint density at radius 1 is 1.45 bits per heavy atom. The Morgan fingerprint density at radius 3 is 2.75 bits per heavy atom. The molecular weight excluding hydrogens is 252 g/mol. The van der Waals surface area contributed by atoms with Crippen LogP contribution in [-0.4, -0.2) is 34.8 Å². The number of carbonyl (C=O) groups is 1. The summed E-state index contributed by atoms with van der Waals surface area (Å²) in [7, 11) is 0. The fourth-order valence-corrected chi connectivity index (χ4v) is 3.08. The second kappa shape index (κ2) is 4.58. The van der Waals surface area contributed by atoms with E-state index >= 15 is 0 Å². The van der Waals surface area contributed by atoms with Crippen molar-refractivity contribution in [3.8, 4) is 0 Å². The van der Waals surface area contributed by atoms with E-state index in [9.17, 15) is 4.79 Å². The number of aromatic nitrogens is 2. The first-order valence-electron chi connectivity index (χ1n) is 7.48. The van der Waals surface area contributed by atoms with Crippen LogP contribution in [0.4, 0.5) is 0 Å². The highest BCUT2D eigenvalue weighted by atomic mass is 16.2. The Bertz CT molecular complexity index is 508. The fraction of sp³-hybridized carbons (Fsp3) is 0.733. The summed E-state index contributed by atoms with van der Waals surface area (Å²) < 4.78 is 1.84. The van der Waals surface area contributed by atoms with Gasteiger partial charge in [0, 0.05) is 12.2 Å². The predicted molar refractivity (Wildman–Crippen MR) is 77.6 cm³/mol. The number of carbonyl (C=O) groups excluding carboxylic acids is 1. The van der Waals surface area contributed by atoms with Crippen molar-refractivity contribution in [2.75, 3.05) is 13.1 Å². The summed E-state index contributed by atoms with van der Waals surface area (Å²) in [6.45, 7) is 8.38. The number of nitrogens with one attached hydrogen (secondary N) is 2. The number of piperidine rings is 1. The van der Waals surface area contributed by atoms with E-state index in [2.05, 4.69) is 36.5 Å². The van der Waals surface area contributed by atoms with Gasteiger partial charge in [-0.2, -0.15) is 5.10 Å². The van der Waals surface area contributed by atoms with Crippen LogP contribution in [0.25, 0.3) is 0 Å². The van der Waals surface area contributed by atoms with E-state index in [4.69, 9.17) is 0 Å². The van der Waals surface area contributed by atoms with E-state index in [-0.39, 0.29) is 11.4 Å². The van der Waals surface area contributed by atoms with Gasteiger partial charge in [0.2, 0.25) is 0 Å². The Morgan fingerprint density at radius 2 is 2.15 bits per heavy atom. The molecule has 1 aliphatic heterocycles. The van der Waals surface area contributed by atoms with Gasteiger partial charge >= 0.3 is 0 Å². The van der Waals surface area contributed by atoms with Crippen LogP contribution in [0, 0.1) is 5.41 Å². The van der Waals surface area contributed by atoms with Gasteiger partial charge in [0.15, 0.2) is 0 Å². The van der Waals surface area contributed by atoms with Gasteiger partial charge in [-0.1, -0.05) is 0 Å². The average Bonchev–Trinajstić information content (AvgIpc) is 2.85. The molecule has 2 fully saturated rings. The number of nitrogens with zero attached hydrogens (tertiary/aromatic N) is 2. The Balaban J connectivity index is 1.62. The highest BCUT2D eigenvalue weighted by Crippen LogP contribution is 2.52. The zero-order chi connectivity index (χ0) is 14.4. The molecule has 110 valence electrons. The third kappa shape index (κ3) is 2.46. The molecule has 0 bridgehead atoms. The van der Waals surface area contributed by atoms with Gasteiger partial charge in [0.1, 0.15) is 5.69 Å². The monoisotopic (exact) mass is 276 g/mol. The second-order valence-corrected chi connectivity index (χ2v) is 7.16. The standard InChI is InChI=1S/C15H24N4O/c1-14(2,3)19-9-4-11(18-19)13(20)17-12-10-15(12)5-7-16-8-6-15/h4,9,12,16H,5-8,10H2,1-3H3,(H,17,20). The Hall–Kier alpha value is -1.36. The molecule has 1 saturated heterocycles. The van der Waals surface area contributed by atoms with Gasteiger partial charge in [0.05, 0.1) is 5.54 Å². The molecule has 0 radical (unpaired) electrons. The average molecular weight is 276 g/mol. The lowest BCUT2D eigenvalue weighted by atomic mass is 9.94. The van der Waals surface area contributed by atoms with Gasteiger partial charge in [0.25, 0.3) is 5.91 Å². The smallest absolute Gasteiger partial charge is 0.272 e. The molecule has 1 spiro atoms. The van der Waals surface area contributed by atoms with Crippen molar-refractivity contribution in [2.45, 2.75) is 51.6 Å². The molecule has 5 heteroatoms. The number of amides is 1. The first kappa shape index (κ1) is 13.6. The maximum absolute atomic E-state index is 12.3. The minimum Gasteiger partial charge on any atom is -0.347 e. The van der Waals surface area contributed by atoms with Gasteiger partial charge in [-0.25, -0.2) is 0 Å². The lowest BCUT2D eigenvalue weighted by molar-refractivity contribution is 0.0936. The largest absolute Gasteiger partial charge is 0.347 e. The van der Waals surface area contributed by atoms with Crippen molar-refractivity contribution in [1.82, 2.24) is 20.4 Å². The van der Waals surface area contributed by atoms with E-state index in [0.717, 1.165) is 19.5 Å². The zero-order valence-electron chi connectivity index (χ0n) is 12.6. The van der Waals surface area contributed by atoms with Gasteiger partial charge in [-0.3, -0.25) is 9.48 Å². The summed E-state index contributed by atoms with van der Waals surface area (Å²) in [6, 6.07) is 2.15. The van der Waals surface area contributed by atoms with Crippen LogP contribution in [0.5, 0.6) is 0 Å². The Kier molecular flexibility index (Phi) is 3.12. The summed E-state index contributed by atoms with van der Waals surface area (Å²) in [5, 5.41) is 10.9. The van der Waals surface area contributed by atoms with Crippen LogP contribution >= 0.6 is 0 Å². The van der Waals surface area contributed by atoms with Crippen molar-refractivity contribution < 1.29 is 4.79 Å². The molecule has 1 aliphatic carbocycles. The Labute approximate surface area is 120 Å². The first-order valence-corrected chi connectivity index (χ1v) is 7.48. The summed E-state index contributed by atoms with van der Waals surface area (Å²) in [5.41, 5.74) is 0.804. The number of hydrogen-bond acceptors (Lipinski definition) is 3. The molecule has 20 heavy (non-hydrogen) atoms. The van der Waals surface area contributed by atoms with Crippen LogP contribution in [0.1, 0.15) is 50.5 Å². The van der Waals surface area contributed by atoms with E-state index in [0.29, 0.717) is 17.2 Å². The molecular formula is C15H24N4O. The molecule has 1 aromatic heterocycles. The van der Waals surface area contributed by atoms with Gasteiger partial charge in [-0.15, -0.1) is 0 Å². The minimum atomic E-state index is -0.0889. The lowest BCUT2D eigenvalue weighted by Crippen LogP contribution is -2.36. The summed E-state index contributed by atoms with van der Waals surface area (Å²) >= 11 is 0. The summed E-state index contributed by atoms with van der Waals surface area (Å²) in [4.78, 5) is 12.3. The number of hydrogen-bond donors (Lipinski definition) is 2. The van der Waals surface area contributed by atoms with Gasteiger partial charge in [-0.05, 0) is 64.6 Å². The van der Waals surface area contributed by atoms with Crippen LogP contribution in [0.2, 0.25) is 0 Å². The molecule has 2 heterocycles. The molecule has 2 N–H and O–H groups in total. The summed E-state index contributed by atoms with van der Waals surface area (Å²) in [5.74, 6) is -0.0339. The molecule has 0 aromatic carbocycles. The van der Waals surface area contributed by atoms with Crippen molar-refractivity contribution in [2.24, 2.45) is 5.41 Å². The first-order chi connectivity index (χ1) is 9.41. The number of rotatable bonds is 2. The van der Waals surface area contributed by atoms with E-state index in [1.807, 2.05) is 10.9 Å². The lowest BCUT2D eigenvalue weighted by Gasteiger charge is -2.23. The molecule has 1 saturated carbocycles. The molecule has 1 atom stereocenters. The van der Waals surface area contributed by atoms with E-state index < -0.39 is 0 Å². The van der Waals surface area contributed by atoms with E-state index in [1.165, 1.54) is 12.8 Å². The SMILES string of the molecule is CC(C)(C)n1ccc(C(=O)NC2CC23CCNCC3)n1. The summed E-state index contributed by atoms with van der Waals surface area (Å²) in [6.07, 6.45) is 5.35. The second-order valence-electron chi connectivity index (χ2n) is 7.16.